The molecular weight excluding hydrogens is 268 g/mol. The van der Waals surface area contributed by atoms with Crippen molar-refractivity contribution < 1.29 is 5.11 Å². The number of unbranched alkanes of at least 4 members (excludes halogenated alkanes) is 15. The molecule has 0 rings (SSSR count). The molecule has 0 amide bonds. The highest BCUT2D eigenvalue weighted by Gasteiger charge is 1.92. The number of hydrogen-bond acceptors (Lipinski definition) is 1. The Bertz CT molecular complexity index is 188. The van der Waals surface area contributed by atoms with Crippen molar-refractivity contribution in [3.05, 3.63) is 12.2 Å². The van der Waals surface area contributed by atoms with Gasteiger partial charge in [0.1, 0.15) is 0 Å². The van der Waals surface area contributed by atoms with Gasteiger partial charge in [0, 0.05) is 6.61 Å². The first-order valence-electron chi connectivity index (χ1n) is 10.2. The number of aliphatic hydroxyl groups is 1. The highest BCUT2D eigenvalue weighted by atomic mass is 16.2. The summed E-state index contributed by atoms with van der Waals surface area (Å²) in [5, 5.41) is 8.69. The van der Waals surface area contributed by atoms with Crippen LogP contribution >= 0.6 is 0 Å². The van der Waals surface area contributed by atoms with Crippen molar-refractivity contribution in [3.63, 3.8) is 0 Å². The van der Waals surface area contributed by atoms with Gasteiger partial charge in [-0.2, -0.15) is 0 Å². The van der Waals surface area contributed by atoms with E-state index in [2.05, 4.69) is 19.1 Å². The van der Waals surface area contributed by atoms with Crippen LogP contribution in [0.1, 0.15) is 116 Å². The normalized spacial score (nSPS) is 11.5. The van der Waals surface area contributed by atoms with Gasteiger partial charge >= 0.3 is 0 Å². The van der Waals surface area contributed by atoms with Crippen LogP contribution in [0.25, 0.3) is 0 Å². The summed E-state index contributed by atoms with van der Waals surface area (Å²) in [5.74, 6) is 0. The van der Waals surface area contributed by atoms with E-state index in [1.165, 1.54) is 103 Å². The van der Waals surface area contributed by atoms with Crippen LogP contribution in [-0.4, -0.2) is 11.7 Å². The molecule has 1 nitrogen and oxygen atoms in total. The molecule has 1 N–H and O–H groups in total. The summed E-state index contributed by atoms with van der Waals surface area (Å²) >= 11 is 0. The largest absolute Gasteiger partial charge is 0.396 e. The molecule has 1 heteroatoms. The summed E-state index contributed by atoms with van der Waals surface area (Å²) in [6, 6.07) is 0. The fourth-order valence-corrected chi connectivity index (χ4v) is 2.89. The molecule has 0 aromatic carbocycles. The summed E-state index contributed by atoms with van der Waals surface area (Å²) in [6.45, 7) is 2.65. The average molecular weight is 311 g/mol. The second-order valence-corrected chi connectivity index (χ2v) is 6.72. The third-order valence-corrected chi connectivity index (χ3v) is 4.42. The minimum atomic E-state index is 0.365. The summed E-state index contributed by atoms with van der Waals surface area (Å²) in [7, 11) is 0. The van der Waals surface area contributed by atoms with Crippen molar-refractivity contribution in [3.8, 4) is 0 Å². The van der Waals surface area contributed by atoms with Crippen LogP contribution in [-0.2, 0) is 0 Å². The van der Waals surface area contributed by atoms with Crippen molar-refractivity contribution in [2.24, 2.45) is 0 Å². The smallest absolute Gasteiger partial charge is 0.0431 e. The molecule has 0 aliphatic carbocycles. The average Bonchev–Trinajstić information content (AvgIpc) is 2.54. The maximum absolute atomic E-state index is 8.69. The molecular formula is C21H42O. The van der Waals surface area contributed by atoms with E-state index in [0.29, 0.717) is 6.61 Å². The van der Waals surface area contributed by atoms with Crippen LogP contribution < -0.4 is 0 Å². The van der Waals surface area contributed by atoms with E-state index in [1.54, 1.807) is 0 Å². The lowest BCUT2D eigenvalue weighted by molar-refractivity contribution is 0.282. The molecule has 0 aliphatic rings. The lowest BCUT2D eigenvalue weighted by Gasteiger charge is -2.00. The molecule has 132 valence electrons. The van der Waals surface area contributed by atoms with Gasteiger partial charge in [-0.25, -0.2) is 0 Å². The number of rotatable bonds is 18. The quantitative estimate of drug-likeness (QED) is 0.210. The van der Waals surface area contributed by atoms with Crippen molar-refractivity contribution in [1.29, 1.82) is 0 Å². The number of allylic oxidation sites excluding steroid dienone is 2. The van der Waals surface area contributed by atoms with Gasteiger partial charge in [0.25, 0.3) is 0 Å². The van der Waals surface area contributed by atoms with Crippen LogP contribution in [0.3, 0.4) is 0 Å². The van der Waals surface area contributed by atoms with Gasteiger partial charge in [0.05, 0.1) is 0 Å². The number of aliphatic hydroxyl groups excluding tert-OH is 1. The molecule has 0 aliphatic heterocycles. The van der Waals surface area contributed by atoms with Crippen LogP contribution in [0.2, 0.25) is 0 Å². The van der Waals surface area contributed by atoms with E-state index in [4.69, 9.17) is 5.11 Å². The third-order valence-electron chi connectivity index (χ3n) is 4.42. The first kappa shape index (κ1) is 21.7. The summed E-state index contributed by atoms with van der Waals surface area (Å²) in [4.78, 5) is 0. The Balaban J connectivity index is 3.03. The third kappa shape index (κ3) is 19.7. The molecule has 0 saturated carbocycles. The van der Waals surface area contributed by atoms with Gasteiger partial charge in [-0.1, -0.05) is 96.1 Å². The zero-order valence-electron chi connectivity index (χ0n) is 15.3. The number of hydrogen-bond donors (Lipinski definition) is 1. The second-order valence-electron chi connectivity index (χ2n) is 6.72. The Kier molecular flexibility index (Phi) is 20.4. The van der Waals surface area contributed by atoms with E-state index in [9.17, 15) is 0 Å². The molecule has 0 saturated heterocycles. The minimum Gasteiger partial charge on any atom is -0.396 e. The van der Waals surface area contributed by atoms with Crippen molar-refractivity contribution in [2.45, 2.75) is 116 Å². The standard InChI is InChI=1S/C21H42O/c1-2-3-4-5-6-7-8-9-10-11-12-13-14-15-16-17-18-19-20-21-22/h11-12,22H,2-10,13-21H2,1H3. The summed E-state index contributed by atoms with van der Waals surface area (Å²) in [5.41, 5.74) is 0. The summed E-state index contributed by atoms with van der Waals surface area (Å²) in [6.07, 6.45) is 27.7. The van der Waals surface area contributed by atoms with E-state index in [1.807, 2.05) is 0 Å². The SMILES string of the molecule is CCCCCCCCCCC=CCCCCCCCCCO. The Morgan fingerprint density at radius 3 is 1.27 bits per heavy atom. The van der Waals surface area contributed by atoms with Crippen molar-refractivity contribution >= 4 is 0 Å². The predicted octanol–water partition coefficient (Wildman–Crippen LogP) is 7.19. The van der Waals surface area contributed by atoms with Crippen LogP contribution in [0.5, 0.6) is 0 Å². The molecule has 0 unspecified atom stereocenters. The molecule has 0 aromatic rings. The molecule has 0 atom stereocenters. The maximum atomic E-state index is 8.69. The maximum Gasteiger partial charge on any atom is 0.0431 e. The molecule has 0 fully saturated rings. The van der Waals surface area contributed by atoms with Crippen LogP contribution in [0.15, 0.2) is 12.2 Å². The summed E-state index contributed by atoms with van der Waals surface area (Å²) < 4.78 is 0. The fraction of sp³-hybridized carbons (Fsp3) is 0.905. The van der Waals surface area contributed by atoms with Crippen molar-refractivity contribution in [2.75, 3.05) is 6.61 Å². The Hall–Kier alpha value is -0.300. The van der Waals surface area contributed by atoms with Crippen LogP contribution in [0, 0.1) is 0 Å². The highest BCUT2D eigenvalue weighted by molar-refractivity contribution is 4.81. The Labute approximate surface area is 140 Å². The van der Waals surface area contributed by atoms with Gasteiger partial charge in [-0.05, 0) is 32.1 Å². The van der Waals surface area contributed by atoms with Gasteiger partial charge in [0.2, 0.25) is 0 Å². The second kappa shape index (κ2) is 20.7. The Morgan fingerprint density at radius 1 is 0.500 bits per heavy atom. The van der Waals surface area contributed by atoms with Gasteiger partial charge in [0.15, 0.2) is 0 Å². The zero-order valence-corrected chi connectivity index (χ0v) is 15.3. The lowest BCUT2D eigenvalue weighted by Crippen LogP contribution is -1.84. The topological polar surface area (TPSA) is 20.2 Å². The molecule has 0 aromatic heterocycles. The highest BCUT2D eigenvalue weighted by Crippen LogP contribution is 2.11. The lowest BCUT2D eigenvalue weighted by atomic mass is 10.1. The Morgan fingerprint density at radius 2 is 0.864 bits per heavy atom. The van der Waals surface area contributed by atoms with Gasteiger partial charge < -0.3 is 5.11 Å². The molecule has 22 heavy (non-hydrogen) atoms. The van der Waals surface area contributed by atoms with Gasteiger partial charge in [-0.15, -0.1) is 0 Å². The minimum absolute atomic E-state index is 0.365. The fourth-order valence-electron chi connectivity index (χ4n) is 2.89. The monoisotopic (exact) mass is 310 g/mol. The van der Waals surface area contributed by atoms with E-state index in [-0.39, 0.29) is 0 Å². The molecule has 0 heterocycles. The van der Waals surface area contributed by atoms with Crippen LogP contribution in [0.4, 0.5) is 0 Å². The first-order valence-corrected chi connectivity index (χ1v) is 10.2. The molecule has 0 radical (unpaired) electrons. The molecule has 0 spiro atoms. The first-order chi connectivity index (χ1) is 10.9. The van der Waals surface area contributed by atoms with E-state index >= 15 is 0 Å². The van der Waals surface area contributed by atoms with Crippen molar-refractivity contribution in [1.82, 2.24) is 0 Å². The zero-order chi connectivity index (χ0) is 16.1. The van der Waals surface area contributed by atoms with E-state index in [0.717, 1.165) is 6.42 Å². The van der Waals surface area contributed by atoms with Gasteiger partial charge in [-0.3, -0.25) is 0 Å². The molecule has 0 bridgehead atoms. The van der Waals surface area contributed by atoms with E-state index < -0.39 is 0 Å². The predicted molar refractivity (Wildman–Crippen MR) is 100 cm³/mol.